The van der Waals surface area contributed by atoms with Crippen molar-refractivity contribution in [1.29, 1.82) is 0 Å². The zero-order valence-electron chi connectivity index (χ0n) is 34.0. The van der Waals surface area contributed by atoms with Gasteiger partial charge in [0.25, 0.3) is 18.1 Å². The van der Waals surface area contributed by atoms with Gasteiger partial charge in [0.15, 0.2) is 0 Å². The number of benzene rings is 4. The first-order valence-corrected chi connectivity index (χ1v) is 20.7. The third-order valence-electron chi connectivity index (χ3n) is 9.17. The average molecular weight is 725 g/mol. The predicted octanol–water partition coefficient (Wildman–Crippen LogP) is 7.84. The van der Waals surface area contributed by atoms with Gasteiger partial charge in [0, 0.05) is 22.3 Å². The SMILES string of the molecule is COc1cccc([Si](O[Si](c2cccc(OC)c2C(C)(C)C)c2cccc(OC)c2C(C)(C)C)c2cccc(OC)c2C(C)(C)C)c1C(C)(C)C. The first-order chi connectivity index (χ1) is 23.7. The Bertz CT molecular complexity index is 1560. The van der Waals surface area contributed by atoms with Gasteiger partial charge in [-0.15, -0.1) is 0 Å². The third-order valence-corrected chi connectivity index (χ3v) is 14.4. The van der Waals surface area contributed by atoms with Crippen LogP contribution in [0.2, 0.25) is 0 Å². The summed E-state index contributed by atoms with van der Waals surface area (Å²) in [6, 6.07) is 25.8. The van der Waals surface area contributed by atoms with Crippen molar-refractivity contribution >= 4 is 38.8 Å². The minimum absolute atomic E-state index is 0.228. The molecule has 0 heterocycles. The highest BCUT2D eigenvalue weighted by atomic mass is 28.4. The van der Waals surface area contributed by atoms with E-state index in [2.05, 4.69) is 156 Å². The lowest BCUT2D eigenvalue weighted by Crippen LogP contribution is -2.60. The van der Waals surface area contributed by atoms with E-state index in [9.17, 15) is 0 Å². The molecule has 0 saturated carbocycles. The third kappa shape index (κ3) is 8.42. The van der Waals surface area contributed by atoms with E-state index in [1.807, 2.05) is 0 Å². The van der Waals surface area contributed by atoms with E-state index < -0.39 is 18.1 Å². The van der Waals surface area contributed by atoms with Crippen LogP contribution in [-0.2, 0) is 25.8 Å². The zero-order valence-corrected chi connectivity index (χ0v) is 36.0. The Labute approximate surface area is 312 Å². The average Bonchev–Trinajstić information content (AvgIpc) is 3.05. The molecule has 0 amide bonds. The van der Waals surface area contributed by atoms with Crippen molar-refractivity contribution in [3.05, 3.63) is 95.1 Å². The van der Waals surface area contributed by atoms with Crippen LogP contribution in [-0.4, -0.2) is 46.5 Å². The smallest absolute Gasteiger partial charge is 0.273 e. The topological polar surface area (TPSA) is 46.2 Å². The van der Waals surface area contributed by atoms with Gasteiger partial charge in [0.2, 0.25) is 0 Å². The van der Waals surface area contributed by atoms with Crippen LogP contribution >= 0.6 is 0 Å². The molecule has 0 aliphatic carbocycles. The summed E-state index contributed by atoms with van der Waals surface area (Å²) in [4.78, 5) is 0. The molecule has 0 N–H and O–H groups in total. The van der Waals surface area contributed by atoms with Crippen molar-refractivity contribution in [1.82, 2.24) is 0 Å². The van der Waals surface area contributed by atoms with Gasteiger partial charge in [-0.3, -0.25) is 0 Å². The van der Waals surface area contributed by atoms with Crippen molar-refractivity contribution in [2.45, 2.75) is 105 Å². The van der Waals surface area contributed by atoms with Gasteiger partial charge in [-0.2, -0.15) is 0 Å². The second kappa shape index (κ2) is 15.2. The van der Waals surface area contributed by atoms with Crippen LogP contribution in [0.1, 0.15) is 105 Å². The van der Waals surface area contributed by atoms with Crippen LogP contribution in [0.3, 0.4) is 0 Å². The molecule has 51 heavy (non-hydrogen) atoms. The lowest BCUT2D eigenvalue weighted by molar-refractivity contribution is 0.398. The predicted molar refractivity (Wildman–Crippen MR) is 218 cm³/mol. The molecule has 4 aromatic carbocycles. The summed E-state index contributed by atoms with van der Waals surface area (Å²) >= 11 is 0. The second-order valence-electron chi connectivity index (χ2n) is 17.3. The summed E-state index contributed by atoms with van der Waals surface area (Å²) in [7, 11) is 2.98. The number of rotatable bonds is 10. The Morgan fingerprint density at radius 1 is 0.333 bits per heavy atom. The fourth-order valence-corrected chi connectivity index (χ4v) is 14.3. The Kier molecular flexibility index (Phi) is 12.0. The van der Waals surface area contributed by atoms with E-state index in [1.54, 1.807) is 28.4 Å². The number of hydrogen-bond donors (Lipinski definition) is 0. The first-order valence-electron chi connectivity index (χ1n) is 17.8. The van der Waals surface area contributed by atoms with Crippen LogP contribution in [0.4, 0.5) is 0 Å². The number of hydrogen-bond acceptors (Lipinski definition) is 5. The van der Waals surface area contributed by atoms with Gasteiger partial charge < -0.3 is 23.1 Å². The summed E-state index contributed by atoms with van der Waals surface area (Å²) in [5.74, 6) is 3.48. The van der Waals surface area contributed by atoms with Gasteiger partial charge in [-0.05, 0) is 66.7 Å². The van der Waals surface area contributed by atoms with E-state index in [4.69, 9.17) is 23.1 Å². The summed E-state index contributed by atoms with van der Waals surface area (Å²) in [5, 5.41) is 4.70. The van der Waals surface area contributed by atoms with Crippen LogP contribution in [0, 0.1) is 0 Å². The first kappa shape index (κ1) is 40.2. The van der Waals surface area contributed by atoms with Crippen LogP contribution in [0.15, 0.2) is 72.8 Å². The standard InChI is InChI=1S/C44H60O5Si2/c1-41(2,3)37-29(45-13)21-17-25-33(37)50(34-26-18-22-30(46-14)38(34)42(4,5)6)49-51(35-27-19-23-31(47-15)39(35)43(7,8)9)36-28-20-24-32(48-16)40(36)44(10,11)12/h17-28H,1-16H3. The molecule has 0 atom stereocenters. The maximum absolute atomic E-state index is 8.12. The molecule has 0 aliphatic rings. The molecule has 0 aromatic heterocycles. The lowest BCUT2D eigenvalue weighted by Gasteiger charge is -2.36. The second-order valence-corrected chi connectivity index (χ2v) is 21.6. The van der Waals surface area contributed by atoms with E-state index in [1.165, 1.54) is 20.7 Å². The molecular weight excluding hydrogens is 665 g/mol. The molecule has 7 heteroatoms. The summed E-state index contributed by atoms with van der Waals surface area (Å²) in [6.07, 6.45) is 0. The molecule has 0 fully saturated rings. The van der Waals surface area contributed by atoms with Gasteiger partial charge in [0.05, 0.1) is 28.4 Å². The Morgan fingerprint density at radius 2 is 0.529 bits per heavy atom. The van der Waals surface area contributed by atoms with Gasteiger partial charge in [-0.1, -0.05) is 132 Å². The molecule has 0 spiro atoms. The fraction of sp³-hybridized carbons (Fsp3) is 0.455. The molecule has 0 bridgehead atoms. The van der Waals surface area contributed by atoms with E-state index in [-0.39, 0.29) is 21.7 Å². The Hall–Kier alpha value is -3.53. The number of ether oxygens (including phenoxy) is 4. The van der Waals surface area contributed by atoms with Gasteiger partial charge >= 0.3 is 0 Å². The van der Waals surface area contributed by atoms with Crippen LogP contribution in [0.5, 0.6) is 23.0 Å². The Morgan fingerprint density at radius 3 is 0.686 bits per heavy atom. The van der Waals surface area contributed by atoms with E-state index >= 15 is 0 Å². The lowest BCUT2D eigenvalue weighted by atomic mass is 9.86. The zero-order chi connectivity index (χ0) is 38.1. The molecule has 0 unspecified atom stereocenters. The highest BCUT2D eigenvalue weighted by Crippen LogP contribution is 2.36. The summed E-state index contributed by atoms with van der Waals surface area (Å²) < 4.78 is 32.6. The van der Waals surface area contributed by atoms with Gasteiger partial charge in [0.1, 0.15) is 23.0 Å². The maximum atomic E-state index is 8.12. The summed E-state index contributed by atoms with van der Waals surface area (Å²) in [6.45, 7) is 27.1. The highest BCUT2D eigenvalue weighted by molar-refractivity contribution is 6.92. The molecule has 4 aromatic rings. The maximum Gasteiger partial charge on any atom is 0.273 e. The quantitative estimate of drug-likeness (QED) is 0.156. The van der Waals surface area contributed by atoms with Crippen LogP contribution < -0.4 is 39.7 Å². The normalized spacial score (nSPS) is 12.7. The van der Waals surface area contributed by atoms with Crippen LogP contribution in [0.25, 0.3) is 0 Å². The highest BCUT2D eigenvalue weighted by Gasteiger charge is 2.41. The largest absolute Gasteiger partial charge is 0.496 e. The van der Waals surface area contributed by atoms with Crippen molar-refractivity contribution in [2.75, 3.05) is 28.4 Å². The molecular formula is C44H60O5Si2. The molecule has 0 aliphatic heterocycles. The van der Waals surface area contributed by atoms with Crippen molar-refractivity contribution in [2.24, 2.45) is 0 Å². The monoisotopic (exact) mass is 724 g/mol. The van der Waals surface area contributed by atoms with Crippen molar-refractivity contribution in [3.63, 3.8) is 0 Å². The molecule has 2 radical (unpaired) electrons. The summed E-state index contributed by atoms with van der Waals surface area (Å²) in [5.41, 5.74) is 3.73. The van der Waals surface area contributed by atoms with E-state index in [0.717, 1.165) is 45.3 Å². The molecule has 0 saturated heterocycles. The molecule has 5 nitrogen and oxygen atoms in total. The van der Waals surface area contributed by atoms with Gasteiger partial charge in [-0.25, -0.2) is 0 Å². The molecule has 274 valence electrons. The fourth-order valence-electron chi connectivity index (χ4n) is 7.27. The number of methoxy groups -OCH3 is 4. The van der Waals surface area contributed by atoms with E-state index in [0.29, 0.717) is 0 Å². The minimum atomic E-state index is -2.04. The van der Waals surface area contributed by atoms with Crippen molar-refractivity contribution in [3.8, 4) is 23.0 Å². The minimum Gasteiger partial charge on any atom is -0.496 e. The molecule has 4 rings (SSSR count). The van der Waals surface area contributed by atoms with Crippen molar-refractivity contribution < 1.29 is 23.1 Å². The Balaban J connectivity index is 2.26.